The van der Waals surface area contributed by atoms with Gasteiger partial charge in [0.15, 0.2) is 5.11 Å². The lowest BCUT2D eigenvalue weighted by molar-refractivity contribution is 0.302. The molecule has 1 fully saturated rings. The smallest absolute Gasteiger partial charge is 0.170 e. The van der Waals surface area contributed by atoms with Gasteiger partial charge in [0.1, 0.15) is 5.75 Å². The number of ether oxygens (including phenoxy) is 1. The number of hydrogen-bond acceptors (Lipinski definition) is 3. The number of thiocarbonyl (C=S) groups is 1. The minimum absolute atomic E-state index is 0.0341. The van der Waals surface area contributed by atoms with E-state index in [2.05, 4.69) is 96.5 Å². The summed E-state index contributed by atoms with van der Waals surface area (Å²) in [4.78, 5) is 6.90. The van der Waals surface area contributed by atoms with E-state index in [-0.39, 0.29) is 12.1 Å². The minimum Gasteiger partial charge on any atom is -0.497 e. The zero-order valence-electron chi connectivity index (χ0n) is 18.1. The first kappa shape index (κ1) is 21.7. The van der Waals surface area contributed by atoms with Crippen LogP contribution in [0, 0.1) is 0 Å². The molecule has 5 rings (SSSR count). The quantitative estimate of drug-likeness (QED) is 0.326. The molecule has 0 unspecified atom stereocenters. The van der Waals surface area contributed by atoms with Crippen LogP contribution in [0.2, 0.25) is 0 Å². The molecule has 2 aromatic carbocycles. The lowest BCUT2D eigenvalue weighted by Crippen LogP contribution is -2.30. The Morgan fingerprint density at radius 1 is 1.00 bits per heavy atom. The topological polar surface area (TPSA) is 42.3 Å². The van der Waals surface area contributed by atoms with E-state index in [9.17, 15) is 0 Å². The summed E-state index contributed by atoms with van der Waals surface area (Å²) in [7, 11) is 1.68. The van der Waals surface area contributed by atoms with E-state index in [4.69, 9.17) is 17.0 Å². The van der Waals surface area contributed by atoms with Crippen molar-refractivity contribution in [1.82, 2.24) is 19.8 Å². The van der Waals surface area contributed by atoms with Crippen molar-refractivity contribution in [2.75, 3.05) is 7.11 Å². The SMILES string of the molecule is COc1ccc(CN2C(=S)N[C@H](c3ccccn3)[C@H]2c2cccn2-c2ccc(Br)cc2)cc1. The monoisotopic (exact) mass is 518 g/mol. The fourth-order valence-corrected chi connectivity index (χ4v) is 4.87. The lowest BCUT2D eigenvalue weighted by atomic mass is 10.0. The van der Waals surface area contributed by atoms with Crippen molar-refractivity contribution in [2.45, 2.75) is 18.6 Å². The first-order chi connectivity index (χ1) is 16.1. The summed E-state index contributed by atoms with van der Waals surface area (Å²) >= 11 is 9.38. The van der Waals surface area contributed by atoms with E-state index >= 15 is 0 Å². The molecule has 4 aromatic rings. The highest BCUT2D eigenvalue weighted by atomic mass is 79.9. The van der Waals surface area contributed by atoms with Gasteiger partial charge < -0.3 is 19.5 Å². The number of benzene rings is 2. The molecule has 0 amide bonds. The number of halogens is 1. The molecule has 0 aliphatic carbocycles. The maximum Gasteiger partial charge on any atom is 0.170 e. The van der Waals surface area contributed by atoms with Gasteiger partial charge in [-0.1, -0.05) is 34.1 Å². The molecule has 166 valence electrons. The zero-order chi connectivity index (χ0) is 22.8. The van der Waals surface area contributed by atoms with Crippen LogP contribution in [0.1, 0.15) is 29.0 Å². The Balaban J connectivity index is 1.57. The summed E-state index contributed by atoms with van der Waals surface area (Å²) in [5, 5.41) is 4.26. The molecule has 1 aliphatic rings. The van der Waals surface area contributed by atoms with Gasteiger partial charge >= 0.3 is 0 Å². The summed E-state index contributed by atoms with van der Waals surface area (Å²) in [6, 6.07) is 26.6. The van der Waals surface area contributed by atoms with Crippen molar-refractivity contribution in [3.05, 3.63) is 113 Å². The molecule has 1 aliphatic heterocycles. The number of nitrogens with zero attached hydrogens (tertiary/aromatic N) is 3. The average molecular weight is 519 g/mol. The van der Waals surface area contributed by atoms with Crippen LogP contribution in [0.25, 0.3) is 5.69 Å². The van der Waals surface area contributed by atoms with Gasteiger partial charge in [-0.2, -0.15) is 0 Å². The Morgan fingerprint density at radius 2 is 1.79 bits per heavy atom. The molecule has 3 heterocycles. The fourth-order valence-electron chi connectivity index (χ4n) is 4.30. The number of methoxy groups -OCH3 is 1. The van der Waals surface area contributed by atoms with Gasteiger partial charge in [0.2, 0.25) is 0 Å². The molecule has 0 saturated carbocycles. The Morgan fingerprint density at radius 3 is 2.48 bits per heavy atom. The molecular weight excluding hydrogens is 496 g/mol. The van der Waals surface area contributed by atoms with Crippen molar-refractivity contribution in [3.8, 4) is 11.4 Å². The second kappa shape index (κ2) is 9.37. The molecule has 1 saturated heterocycles. The molecule has 33 heavy (non-hydrogen) atoms. The van der Waals surface area contributed by atoms with E-state index in [1.807, 2.05) is 30.5 Å². The molecule has 0 spiro atoms. The van der Waals surface area contributed by atoms with Crippen LogP contribution in [0.4, 0.5) is 0 Å². The van der Waals surface area contributed by atoms with Crippen LogP contribution in [0.5, 0.6) is 5.75 Å². The van der Waals surface area contributed by atoms with Crippen molar-refractivity contribution < 1.29 is 4.74 Å². The molecule has 2 aromatic heterocycles. The lowest BCUT2D eigenvalue weighted by Gasteiger charge is -2.29. The van der Waals surface area contributed by atoms with Crippen LogP contribution in [0.15, 0.2) is 95.7 Å². The van der Waals surface area contributed by atoms with Gasteiger partial charge in [-0.3, -0.25) is 4.98 Å². The van der Waals surface area contributed by atoms with Crippen LogP contribution in [0.3, 0.4) is 0 Å². The van der Waals surface area contributed by atoms with E-state index in [1.54, 1.807) is 7.11 Å². The number of hydrogen-bond donors (Lipinski definition) is 1. The van der Waals surface area contributed by atoms with Gasteiger partial charge in [-0.25, -0.2) is 0 Å². The summed E-state index contributed by atoms with van der Waals surface area (Å²) in [6.07, 6.45) is 3.93. The van der Waals surface area contributed by atoms with Crippen LogP contribution >= 0.6 is 28.1 Å². The maximum atomic E-state index is 5.84. The van der Waals surface area contributed by atoms with E-state index < -0.39 is 0 Å². The number of aromatic nitrogens is 2. The fraction of sp³-hybridized carbons (Fsp3) is 0.154. The van der Waals surface area contributed by atoms with Gasteiger partial charge in [0.25, 0.3) is 0 Å². The van der Waals surface area contributed by atoms with Crippen molar-refractivity contribution in [2.24, 2.45) is 0 Å². The standard InChI is InChI=1S/C26H23BrN4OS/c1-32-21-13-7-18(8-14-21)17-31-25(24(29-26(31)33)22-5-2-3-15-28-22)23-6-4-16-30(23)20-11-9-19(27)10-12-20/h2-16,24-25H,17H2,1H3,(H,29,33)/t24-,25-/m1/s1. The Kier molecular flexibility index (Phi) is 6.15. The van der Waals surface area contributed by atoms with Crippen LogP contribution in [-0.4, -0.2) is 26.7 Å². The third-order valence-corrected chi connectivity index (χ3v) is 6.78. The largest absolute Gasteiger partial charge is 0.497 e. The Hall–Kier alpha value is -3.16. The van der Waals surface area contributed by atoms with Gasteiger partial charge in [-0.15, -0.1) is 0 Å². The van der Waals surface area contributed by atoms with E-state index in [0.717, 1.165) is 38.0 Å². The average Bonchev–Trinajstić information content (AvgIpc) is 3.45. The van der Waals surface area contributed by atoms with Crippen LogP contribution < -0.4 is 10.1 Å². The maximum absolute atomic E-state index is 5.84. The second-order valence-corrected chi connectivity index (χ2v) is 9.18. The summed E-state index contributed by atoms with van der Waals surface area (Å²) in [5.41, 5.74) is 4.37. The van der Waals surface area contributed by atoms with Gasteiger partial charge in [0.05, 0.1) is 24.9 Å². The molecule has 7 heteroatoms. The highest BCUT2D eigenvalue weighted by Crippen LogP contribution is 2.40. The molecular formula is C26H23BrN4OS. The first-order valence-electron chi connectivity index (χ1n) is 10.7. The molecule has 1 N–H and O–H groups in total. The zero-order valence-corrected chi connectivity index (χ0v) is 20.5. The van der Waals surface area contributed by atoms with Crippen molar-refractivity contribution in [3.63, 3.8) is 0 Å². The summed E-state index contributed by atoms with van der Waals surface area (Å²) in [5.74, 6) is 0.841. The number of nitrogens with one attached hydrogen (secondary N) is 1. The van der Waals surface area contributed by atoms with E-state index in [0.29, 0.717) is 6.54 Å². The third-order valence-electron chi connectivity index (χ3n) is 5.90. The molecule has 2 atom stereocenters. The molecule has 5 nitrogen and oxygen atoms in total. The second-order valence-electron chi connectivity index (χ2n) is 7.88. The van der Waals surface area contributed by atoms with Crippen molar-refractivity contribution >= 4 is 33.3 Å². The Bertz CT molecular complexity index is 1240. The minimum atomic E-state index is -0.0685. The van der Waals surface area contributed by atoms with Gasteiger partial charge in [-0.05, 0) is 78.4 Å². The van der Waals surface area contributed by atoms with Crippen molar-refractivity contribution in [1.29, 1.82) is 0 Å². The number of pyridine rings is 1. The summed E-state index contributed by atoms with van der Waals surface area (Å²) in [6.45, 7) is 0.676. The summed E-state index contributed by atoms with van der Waals surface area (Å²) < 4.78 is 8.60. The van der Waals surface area contributed by atoms with Gasteiger partial charge in [0, 0.05) is 34.8 Å². The normalized spacial score (nSPS) is 17.8. The highest BCUT2D eigenvalue weighted by Gasteiger charge is 2.41. The predicted octanol–water partition coefficient (Wildman–Crippen LogP) is 5.82. The van der Waals surface area contributed by atoms with Crippen LogP contribution in [-0.2, 0) is 6.54 Å². The molecule has 0 bridgehead atoms. The predicted molar refractivity (Wildman–Crippen MR) is 137 cm³/mol. The first-order valence-corrected chi connectivity index (χ1v) is 11.9. The third kappa shape index (κ3) is 4.38. The highest BCUT2D eigenvalue weighted by molar-refractivity contribution is 9.10. The van der Waals surface area contributed by atoms with E-state index in [1.165, 1.54) is 0 Å². The molecule has 0 radical (unpaired) electrons. The Labute approximate surface area is 207 Å². The number of rotatable bonds is 6.